The molecule has 2 aromatic heterocycles. The molecule has 0 atom stereocenters. The minimum Gasteiger partial charge on any atom is -0.458 e. The van der Waals surface area contributed by atoms with Crippen LogP contribution in [0.3, 0.4) is 0 Å². The van der Waals surface area contributed by atoms with Crippen LogP contribution in [-0.2, 0) is 6.54 Å². The first-order valence-electron chi connectivity index (χ1n) is 7.89. The molecule has 0 aliphatic carbocycles. The maximum Gasteiger partial charge on any atom is 0.177 e. The second-order valence-corrected chi connectivity index (χ2v) is 5.99. The highest BCUT2D eigenvalue weighted by Gasteiger charge is 2.16. The Kier molecular flexibility index (Phi) is 3.45. The van der Waals surface area contributed by atoms with Gasteiger partial charge in [0.2, 0.25) is 0 Å². The molecule has 0 aliphatic rings. The highest BCUT2D eigenvalue weighted by Crippen LogP contribution is 2.28. The predicted octanol–water partition coefficient (Wildman–Crippen LogP) is 5.10. The van der Waals surface area contributed by atoms with E-state index in [-0.39, 0.29) is 5.82 Å². The average Bonchev–Trinajstić information content (AvgIpc) is 3.13. The summed E-state index contributed by atoms with van der Waals surface area (Å²) < 4.78 is 21.4. The lowest BCUT2D eigenvalue weighted by atomic mass is 10.1. The zero-order valence-corrected chi connectivity index (χ0v) is 13.6. The molecule has 0 amide bonds. The number of hydrogen-bond donors (Lipinski definition) is 0. The van der Waals surface area contributed by atoms with Crippen LogP contribution in [0.1, 0.15) is 16.9 Å². The number of aryl methyl sites for hydroxylation is 2. The molecule has 120 valence electrons. The van der Waals surface area contributed by atoms with Crippen LogP contribution in [0, 0.1) is 19.7 Å². The van der Waals surface area contributed by atoms with Crippen molar-refractivity contribution in [2.24, 2.45) is 0 Å². The van der Waals surface area contributed by atoms with Crippen LogP contribution in [0.15, 0.2) is 59.0 Å². The van der Waals surface area contributed by atoms with Crippen molar-refractivity contribution >= 4 is 11.0 Å². The quantitative estimate of drug-likeness (QED) is 0.526. The lowest BCUT2D eigenvalue weighted by Crippen LogP contribution is -2.03. The van der Waals surface area contributed by atoms with E-state index in [4.69, 9.17) is 4.42 Å². The van der Waals surface area contributed by atoms with Gasteiger partial charge in [0.25, 0.3) is 0 Å². The van der Waals surface area contributed by atoms with Crippen molar-refractivity contribution in [3.8, 4) is 11.6 Å². The molecule has 3 nitrogen and oxygen atoms in total. The fourth-order valence-electron chi connectivity index (χ4n) is 2.96. The van der Waals surface area contributed by atoms with Crippen LogP contribution < -0.4 is 0 Å². The highest BCUT2D eigenvalue weighted by atomic mass is 19.1. The van der Waals surface area contributed by atoms with Gasteiger partial charge < -0.3 is 8.98 Å². The number of furan rings is 1. The third-order valence-electron chi connectivity index (χ3n) is 4.26. The molecule has 2 aromatic carbocycles. The van der Waals surface area contributed by atoms with Crippen LogP contribution in [0.5, 0.6) is 0 Å². The summed E-state index contributed by atoms with van der Waals surface area (Å²) in [5.41, 5.74) is 3.94. The van der Waals surface area contributed by atoms with Crippen molar-refractivity contribution in [2.45, 2.75) is 20.4 Å². The van der Waals surface area contributed by atoms with E-state index in [1.807, 2.05) is 31.2 Å². The zero-order valence-electron chi connectivity index (χ0n) is 13.6. The van der Waals surface area contributed by atoms with Gasteiger partial charge in [0.1, 0.15) is 11.6 Å². The van der Waals surface area contributed by atoms with Crippen molar-refractivity contribution in [3.63, 3.8) is 0 Å². The van der Waals surface area contributed by atoms with Gasteiger partial charge in [0, 0.05) is 6.07 Å². The molecule has 0 fully saturated rings. The second kappa shape index (κ2) is 5.64. The molecule has 4 aromatic rings. The van der Waals surface area contributed by atoms with Gasteiger partial charge >= 0.3 is 0 Å². The second-order valence-electron chi connectivity index (χ2n) is 5.99. The first-order chi connectivity index (χ1) is 11.6. The van der Waals surface area contributed by atoms with Gasteiger partial charge in [-0.25, -0.2) is 9.37 Å². The molecule has 24 heavy (non-hydrogen) atoms. The Morgan fingerprint density at radius 3 is 2.62 bits per heavy atom. The Hall–Kier alpha value is -2.88. The Labute approximate surface area is 139 Å². The van der Waals surface area contributed by atoms with Gasteiger partial charge in [0.05, 0.1) is 17.6 Å². The maximum atomic E-state index is 13.6. The number of fused-ring (bicyclic) bond motifs is 1. The molecule has 0 N–H and O–H groups in total. The lowest BCUT2D eigenvalue weighted by Gasteiger charge is -2.10. The van der Waals surface area contributed by atoms with E-state index in [1.165, 1.54) is 23.3 Å². The Morgan fingerprint density at radius 2 is 1.88 bits per heavy atom. The van der Waals surface area contributed by atoms with Crippen molar-refractivity contribution < 1.29 is 8.81 Å². The fourth-order valence-corrected chi connectivity index (χ4v) is 2.96. The number of halogens is 1. The van der Waals surface area contributed by atoms with E-state index in [9.17, 15) is 4.39 Å². The zero-order chi connectivity index (χ0) is 16.7. The number of nitrogens with zero attached hydrogens (tertiary/aromatic N) is 2. The molecule has 0 aliphatic heterocycles. The minimum absolute atomic E-state index is 0.287. The fraction of sp³-hybridized carbons (Fsp3) is 0.150. The van der Waals surface area contributed by atoms with Crippen molar-refractivity contribution in [2.75, 3.05) is 0 Å². The van der Waals surface area contributed by atoms with E-state index in [1.54, 1.807) is 6.07 Å². The highest BCUT2D eigenvalue weighted by molar-refractivity contribution is 5.80. The average molecular weight is 320 g/mol. The van der Waals surface area contributed by atoms with Crippen LogP contribution in [-0.4, -0.2) is 9.55 Å². The van der Waals surface area contributed by atoms with E-state index in [2.05, 4.69) is 28.6 Å². The maximum absolute atomic E-state index is 13.6. The number of aromatic nitrogens is 2. The Bertz CT molecular complexity index is 1030. The van der Waals surface area contributed by atoms with E-state index < -0.39 is 0 Å². The SMILES string of the molecule is Cc1ccc(-c2nc3cc(F)ccc3n2Cc2ccccc2C)o1. The monoisotopic (exact) mass is 320 g/mol. The molecular formula is C20H17FN2O. The third kappa shape index (κ3) is 2.50. The first kappa shape index (κ1) is 14.7. The van der Waals surface area contributed by atoms with Gasteiger partial charge in [-0.15, -0.1) is 0 Å². The number of hydrogen-bond acceptors (Lipinski definition) is 2. The summed E-state index contributed by atoms with van der Waals surface area (Å²) >= 11 is 0. The number of benzene rings is 2. The lowest BCUT2D eigenvalue weighted by molar-refractivity contribution is 0.540. The summed E-state index contributed by atoms with van der Waals surface area (Å²) in [6, 6.07) is 16.8. The molecule has 0 spiro atoms. The molecule has 4 heteroatoms. The Balaban J connectivity index is 1.92. The predicted molar refractivity (Wildman–Crippen MR) is 92.4 cm³/mol. The molecular weight excluding hydrogens is 303 g/mol. The molecule has 0 unspecified atom stereocenters. The Morgan fingerprint density at radius 1 is 1.04 bits per heavy atom. The normalized spacial score (nSPS) is 11.3. The van der Waals surface area contributed by atoms with Crippen LogP contribution in [0.4, 0.5) is 4.39 Å². The van der Waals surface area contributed by atoms with Gasteiger partial charge in [0.15, 0.2) is 11.6 Å². The van der Waals surface area contributed by atoms with Gasteiger partial charge in [-0.3, -0.25) is 0 Å². The first-order valence-corrected chi connectivity index (χ1v) is 7.89. The van der Waals surface area contributed by atoms with Crippen LogP contribution in [0.25, 0.3) is 22.6 Å². The number of rotatable bonds is 3. The minimum atomic E-state index is -0.287. The third-order valence-corrected chi connectivity index (χ3v) is 4.26. The summed E-state index contributed by atoms with van der Waals surface area (Å²) in [4.78, 5) is 4.61. The molecule has 0 saturated heterocycles. The number of imidazole rings is 1. The van der Waals surface area contributed by atoms with Crippen molar-refractivity contribution in [1.29, 1.82) is 0 Å². The van der Waals surface area contributed by atoms with Crippen molar-refractivity contribution in [1.82, 2.24) is 9.55 Å². The van der Waals surface area contributed by atoms with E-state index >= 15 is 0 Å². The van der Waals surface area contributed by atoms with Gasteiger partial charge in [-0.05, 0) is 49.2 Å². The van der Waals surface area contributed by atoms with E-state index in [0.717, 1.165) is 11.3 Å². The summed E-state index contributed by atoms with van der Waals surface area (Å²) in [5.74, 6) is 1.94. The van der Waals surface area contributed by atoms with Gasteiger partial charge in [-0.2, -0.15) is 0 Å². The van der Waals surface area contributed by atoms with Crippen molar-refractivity contribution in [3.05, 3.63) is 77.3 Å². The molecule has 4 rings (SSSR count). The summed E-state index contributed by atoms with van der Waals surface area (Å²) in [5, 5.41) is 0. The molecule has 0 bridgehead atoms. The molecule has 0 saturated carbocycles. The molecule has 2 heterocycles. The van der Waals surface area contributed by atoms with Gasteiger partial charge in [-0.1, -0.05) is 24.3 Å². The van der Waals surface area contributed by atoms with Crippen LogP contribution >= 0.6 is 0 Å². The van der Waals surface area contributed by atoms with E-state index in [0.29, 0.717) is 23.6 Å². The standard InChI is InChI=1S/C20H17FN2O/c1-13-5-3-4-6-15(13)12-23-18-9-8-16(21)11-17(18)22-20(23)19-10-7-14(2)24-19/h3-11H,12H2,1-2H3. The topological polar surface area (TPSA) is 31.0 Å². The smallest absolute Gasteiger partial charge is 0.177 e. The largest absolute Gasteiger partial charge is 0.458 e. The van der Waals surface area contributed by atoms with Crippen LogP contribution in [0.2, 0.25) is 0 Å². The summed E-state index contributed by atoms with van der Waals surface area (Å²) in [6.07, 6.45) is 0. The summed E-state index contributed by atoms with van der Waals surface area (Å²) in [6.45, 7) is 4.65. The molecule has 0 radical (unpaired) electrons. The summed E-state index contributed by atoms with van der Waals surface area (Å²) in [7, 11) is 0.